The molecule has 1 amide bonds. The van der Waals surface area contributed by atoms with E-state index in [-0.39, 0.29) is 11.9 Å². The van der Waals surface area contributed by atoms with Crippen LogP contribution in [-0.4, -0.2) is 55.3 Å². The van der Waals surface area contributed by atoms with E-state index in [0.717, 1.165) is 5.82 Å². The van der Waals surface area contributed by atoms with Crippen LogP contribution in [0.1, 0.15) is 6.92 Å². The number of nitrogens with zero attached hydrogens (tertiary/aromatic N) is 3. The molecule has 2 N–H and O–H groups in total. The third kappa shape index (κ3) is 3.11. The highest BCUT2D eigenvalue weighted by Crippen LogP contribution is 2.18. The van der Waals surface area contributed by atoms with E-state index >= 15 is 0 Å². The third-order valence-corrected chi connectivity index (χ3v) is 2.94. The van der Waals surface area contributed by atoms with Gasteiger partial charge in [-0.15, -0.1) is 0 Å². The number of likely N-dealkylation sites (N-methyl/N-ethyl adjacent to an activating group) is 1. The smallest absolute Gasteiger partial charge is 0.245 e. The molecular formula is C12H19N5O2. The molecule has 1 aromatic rings. The van der Waals surface area contributed by atoms with Crippen LogP contribution in [0.5, 0.6) is 0 Å². The summed E-state index contributed by atoms with van der Waals surface area (Å²) in [5, 5.41) is 5.72. The average molecular weight is 265 g/mol. The number of amides is 1. The van der Waals surface area contributed by atoms with Gasteiger partial charge in [-0.05, 0) is 13.0 Å². The molecule has 1 fully saturated rings. The van der Waals surface area contributed by atoms with Crippen LogP contribution in [-0.2, 0) is 9.53 Å². The molecule has 0 spiro atoms. The summed E-state index contributed by atoms with van der Waals surface area (Å²) in [6, 6.07) is 1.46. The maximum Gasteiger partial charge on any atom is 0.245 e. The highest BCUT2D eigenvalue weighted by molar-refractivity contribution is 5.85. The first-order chi connectivity index (χ1) is 9.26. The van der Waals surface area contributed by atoms with Crippen molar-refractivity contribution >= 4 is 17.7 Å². The van der Waals surface area contributed by atoms with Gasteiger partial charge in [0.05, 0.1) is 13.2 Å². The lowest BCUT2D eigenvalue weighted by Crippen LogP contribution is -2.54. The minimum atomic E-state index is -0.340. The molecule has 1 aliphatic heterocycles. The largest absolute Gasteiger partial charge is 0.377 e. The van der Waals surface area contributed by atoms with Crippen molar-refractivity contribution in [2.75, 3.05) is 43.6 Å². The van der Waals surface area contributed by atoms with Crippen molar-refractivity contribution in [3.05, 3.63) is 12.3 Å². The molecule has 1 unspecified atom stereocenters. The molecule has 0 saturated carbocycles. The molecule has 0 radical (unpaired) electrons. The molecular weight excluding hydrogens is 246 g/mol. The second kappa shape index (κ2) is 6.33. The number of ether oxygens (including phenoxy) is 1. The van der Waals surface area contributed by atoms with E-state index in [1.807, 2.05) is 11.8 Å². The van der Waals surface area contributed by atoms with Gasteiger partial charge in [0.2, 0.25) is 11.9 Å². The molecule has 1 atom stereocenters. The SMILES string of the molecule is CCNC(=O)C1COCCN1c1ccnc(NC)n1. The number of hydrogen-bond donors (Lipinski definition) is 2. The highest BCUT2D eigenvalue weighted by Gasteiger charge is 2.30. The van der Waals surface area contributed by atoms with Crippen LogP contribution >= 0.6 is 0 Å². The first-order valence-corrected chi connectivity index (χ1v) is 6.39. The Balaban J connectivity index is 2.20. The molecule has 104 valence electrons. The minimum Gasteiger partial charge on any atom is -0.377 e. The van der Waals surface area contributed by atoms with E-state index < -0.39 is 0 Å². The maximum absolute atomic E-state index is 12.0. The number of carbonyl (C=O) groups is 1. The van der Waals surface area contributed by atoms with Crippen molar-refractivity contribution in [2.24, 2.45) is 0 Å². The van der Waals surface area contributed by atoms with Gasteiger partial charge >= 0.3 is 0 Å². The van der Waals surface area contributed by atoms with Gasteiger partial charge < -0.3 is 20.3 Å². The molecule has 1 aliphatic rings. The zero-order valence-electron chi connectivity index (χ0n) is 11.2. The fraction of sp³-hybridized carbons (Fsp3) is 0.583. The lowest BCUT2D eigenvalue weighted by atomic mass is 10.2. The first kappa shape index (κ1) is 13.5. The summed E-state index contributed by atoms with van der Waals surface area (Å²) < 4.78 is 5.40. The Morgan fingerprint density at radius 1 is 1.63 bits per heavy atom. The number of rotatable bonds is 4. The van der Waals surface area contributed by atoms with E-state index in [9.17, 15) is 4.79 Å². The van der Waals surface area contributed by atoms with Gasteiger partial charge in [-0.3, -0.25) is 4.79 Å². The summed E-state index contributed by atoms with van der Waals surface area (Å²) in [6.07, 6.45) is 1.68. The van der Waals surface area contributed by atoms with E-state index in [1.54, 1.807) is 19.3 Å². The molecule has 19 heavy (non-hydrogen) atoms. The van der Waals surface area contributed by atoms with E-state index in [0.29, 0.717) is 32.3 Å². The predicted molar refractivity (Wildman–Crippen MR) is 72.2 cm³/mol. The van der Waals surface area contributed by atoms with Crippen LogP contribution in [0, 0.1) is 0 Å². The van der Waals surface area contributed by atoms with Crippen LogP contribution in [0.4, 0.5) is 11.8 Å². The van der Waals surface area contributed by atoms with E-state index in [1.165, 1.54) is 0 Å². The lowest BCUT2D eigenvalue weighted by molar-refractivity contribution is -0.124. The molecule has 0 aliphatic carbocycles. The van der Waals surface area contributed by atoms with Crippen molar-refractivity contribution in [1.82, 2.24) is 15.3 Å². The van der Waals surface area contributed by atoms with Crippen molar-refractivity contribution in [3.63, 3.8) is 0 Å². The number of aromatic nitrogens is 2. The summed E-state index contributed by atoms with van der Waals surface area (Å²) in [4.78, 5) is 22.5. The molecule has 7 nitrogen and oxygen atoms in total. The lowest BCUT2D eigenvalue weighted by Gasteiger charge is -2.35. The van der Waals surface area contributed by atoms with Crippen LogP contribution < -0.4 is 15.5 Å². The van der Waals surface area contributed by atoms with Gasteiger partial charge in [-0.2, -0.15) is 4.98 Å². The summed E-state index contributed by atoms with van der Waals surface area (Å²) in [7, 11) is 1.76. The highest BCUT2D eigenvalue weighted by atomic mass is 16.5. The van der Waals surface area contributed by atoms with Gasteiger partial charge in [0.15, 0.2) is 0 Å². The predicted octanol–water partition coefficient (Wildman–Crippen LogP) is -0.140. The molecule has 2 rings (SSSR count). The Hall–Kier alpha value is -1.89. The number of hydrogen-bond acceptors (Lipinski definition) is 6. The summed E-state index contributed by atoms with van der Waals surface area (Å²) in [5.74, 6) is 1.24. The van der Waals surface area contributed by atoms with Crippen molar-refractivity contribution in [3.8, 4) is 0 Å². The minimum absolute atomic E-state index is 0.0354. The van der Waals surface area contributed by atoms with Crippen molar-refractivity contribution < 1.29 is 9.53 Å². The van der Waals surface area contributed by atoms with Crippen LogP contribution in [0.2, 0.25) is 0 Å². The monoisotopic (exact) mass is 265 g/mol. The van der Waals surface area contributed by atoms with Gasteiger partial charge in [0.1, 0.15) is 11.9 Å². The Labute approximate surface area is 112 Å². The zero-order chi connectivity index (χ0) is 13.7. The molecule has 2 heterocycles. The van der Waals surface area contributed by atoms with Crippen LogP contribution in [0.25, 0.3) is 0 Å². The quantitative estimate of drug-likeness (QED) is 0.789. The molecule has 0 bridgehead atoms. The fourth-order valence-electron chi connectivity index (χ4n) is 2.02. The average Bonchev–Trinajstić information content (AvgIpc) is 2.47. The second-order valence-corrected chi connectivity index (χ2v) is 4.17. The fourth-order valence-corrected chi connectivity index (χ4v) is 2.02. The Kier molecular flexibility index (Phi) is 4.51. The van der Waals surface area contributed by atoms with E-state index in [2.05, 4.69) is 20.6 Å². The van der Waals surface area contributed by atoms with Gasteiger partial charge in [-0.25, -0.2) is 4.98 Å². The van der Waals surface area contributed by atoms with Gasteiger partial charge in [0.25, 0.3) is 0 Å². The Bertz CT molecular complexity index is 440. The summed E-state index contributed by atoms with van der Waals surface area (Å²) >= 11 is 0. The number of carbonyl (C=O) groups excluding carboxylic acids is 1. The Morgan fingerprint density at radius 3 is 3.21 bits per heavy atom. The normalized spacial score (nSPS) is 19.1. The molecule has 1 saturated heterocycles. The zero-order valence-corrected chi connectivity index (χ0v) is 11.2. The summed E-state index contributed by atoms with van der Waals surface area (Å²) in [6.45, 7) is 4.12. The molecule has 7 heteroatoms. The first-order valence-electron chi connectivity index (χ1n) is 6.39. The van der Waals surface area contributed by atoms with Crippen molar-refractivity contribution in [2.45, 2.75) is 13.0 Å². The number of anilines is 2. The standard InChI is InChI=1S/C12H19N5O2/c1-3-14-11(18)9-8-19-7-6-17(9)10-4-5-15-12(13-2)16-10/h4-5,9H,3,6-8H2,1-2H3,(H,14,18)(H,13,15,16). The number of morpholine rings is 1. The Morgan fingerprint density at radius 2 is 2.47 bits per heavy atom. The second-order valence-electron chi connectivity index (χ2n) is 4.17. The number of nitrogens with one attached hydrogen (secondary N) is 2. The molecule has 1 aromatic heterocycles. The van der Waals surface area contributed by atoms with E-state index in [4.69, 9.17) is 4.74 Å². The van der Waals surface area contributed by atoms with Crippen molar-refractivity contribution in [1.29, 1.82) is 0 Å². The van der Waals surface area contributed by atoms with Crippen LogP contribution in [0.15, 0.2) is 12.3 Å². The third-order valence-electron chi connectivity index (χ3n) is 2.94. The molecule has 0 aromatic carbocycles. The maximum atomic E-state index is 12.0. The van der Waals surface area contributed by atoms with Gasteiger partial charge in [0, 0.05) is 26.3 Å². The summed E-state index contributed by atoms with van der Waals surface area (Å²) in [5.41, 5.74) is 0. The van der Waals surface area contributed by atoms with Crippen LogP contribution in [0.3, 0.4) is 0 Å². The van der Waals surface area contributed by atoms with Gasteiger partial charge in [-0.1, -0.05) is 0 Å². The topological polar surface area (TPSA) is 79.4 Å².